The van der Waals surface area contributed by atoms with Gasteiger partial charge in [-0.05, 0) is 30.7 Å². The van der Waals surface area contributed by atoms with Crippen molar-refractivity contribution in [2.75, 3.05) is 17.7 Å². The molecule has 1 atom stereocenters. The summed E-state index contributed by atoms with van der Waals surface area (Å²) >= 11 is 1.52. The van der Waals surface area contributed by atoms with Gasteiger partial charge in [-0.15, -0.1) is 11.8 Å². The molecule has 0 aromatic heterocycles. The highest BCUT2D eigenvalue weighted by atomic mass is 32.2. The number of thioether (sulfide) groups is 1. The molecule has 0 radical (unpaired) electrons. The van der Waals surface area contributed by atoms with E-state index in [1.54, 1.807) is 6.07 Å². The first-order valence-electron chi connectivity index (χ1n) is 6.50. The average Bonchev–Trinajstić information content (AvgIpc) is 2.38. The van der Waals surface area contributed by atoms with Gasteiger partial charge in [0, 0.05) is 17.5 Å². The van der Waals surface area contributed by atoms with Crippen molar-refractivity contribution in [1.29, 1.82) is 0 Å². The summed E-state index contributed by atoms with van der Waals surface area (Å²) in [6.45, 7) is 4.10. The number of hydrogen-bond acceptors (Lipinski definition) is 4. The first-order valence-corrected chi connectivity index (χ1v) is 7.49. The molecular formula is C14H21NO3S. The third-order valence-electron chi connectivity index (χ3n) is 2.87. The molecule has 0 saturated heterocycles. The van der Waals surface area contributed by atoms with Gasteiger partial charge in [-0.25, -0.2) is 4.79 Å². The summed E-state index contributed by atoms with van der Waals surface area (Å²) in [6.07, 6.45) is 1.45. The Morgan fingerprint density at radius 3 is 2.68 bits per heavy atom. The molecule has 0 heterocycles. The largest absolute Gasteiger partial charge is 0.478 e. The van der Waals surface area contributed by atoms with Crippen LogP contribution in [0.5, 0.6) is 0 Å². The maximum absolute atomic E-state index is 11.4. The molecule has 0 aliphatic carbocycles. The summed E-state index contributed by atoms with van der Waals surface area (Å²) in [4.78, 5) is 12.2. The number of anilines is 1. The van der Waals surface area contributed by atoms with E-state index in [1.807, 2.05) is 26.0 Å². The second-order valence-electron chi connectivity index (χ2n) is 4.18. The predicted molar refractivity (Wildman–Crippen MR) is 79.2 cm³/mol. The van der Waals surface area contributed by atoms with Gasteiger partial charge in [0.05, 0.1) is 11.3 Å². The Bertz CT molecular complexity index is 423. The Balaban J connectivity index is 3.04. The van der Waals surface area contributed by atoms with E-state index >= 15 is 0 Å². The fourth-order valence-electron chi connectivity index (χ4n) is 1.90. The standard InChI is InChI=1S/C14H21NO3S/c1-3-10(8-9-16)15-11-6-5-7-12(19-4-2)13(11)14(17)18/h5-7,10,15-16H,3-4,8-9H2,1-2H3,(H,17,18). The van der Waals surface area contributed by atoms with E-state index in [0.717, 1.165) is 17.1 Å². The van der Waals surface area contributed by atoms with E-state index in [0.29, 0.717) is 17.7 Å². The van der Waals surface area contributed by atoms with Gasteiger partial charge in [-0.2, -0.15) is 0 Å². The molecule has 0 saturated carbocycles. The molecule has 1 aromatic carbocycles. The van der Waals surface area contributed by atoms with E-state index in [-0.39, 0.29) is 12.6 Å². The maximum atomic E-state index is 11.4. The number of aliphatic hydroxyl groups is 1. The molecule has 1 unspecified atom stereocenters. The van der Waals surface area contributed by atoms with Gasteiger partial charge in [0.25, 0.3) is 0 Å². The van der Waals surface area contributed by atoms with Crippen LogP contribution in [-0.4, -0.2) is 34.6 Å². The van der Waals surface area contributed by atoms with Crippen molar-refractivity contribution in [3.8, 4) is 0 Å². The molecule has 0 bridgehead atoms. The number of rotatable bonds is 8. The molecule has 0 fully saturated rings. The molecule has 1 rings (SSSR count). The lowest BCUT2D eigenvalue weighted by molar-refractivity contribution is 0.0694. The molecular weight excluding hydrogens is 262 g/mol. The molecule has 0 spiro atoms. The smallest absolute Gasteiger partial charge is 0.338 e. The zero-order valence-corrected chi connectivity index (χ0v) is 12.2. The molecule has 0 aliphatic rings. The van der Waals surface area contributed by atoms with Crippen molar-refractivity contribution in [2.45, 2.75) is 37.6 Å². The Hall–Kier alpha value is -1.20. The molecule has 5 heteroatoms. The van der Waals surface area contributed by atoms with E-state index in [4.69, 9.17) is 5.11 Å². The third kappa shape index (κ3) is 4.44. The minimum absolute atomic E-state index is 0.0879. The summed E-state index contributed by atoms with van der Waals surface area (Å²) in [5.41, 5.74) is 0.956. The van der Waals surface area contributed by atoms with Crippen molar-refractivity contribution >= 4 is 23.4 Å². The van der Waals surface area contributed by atoms with Crippen LogP contribution in [0.15, 0.2) is 23.1 Å². The number of benzene rings is 1. The van der Waals surface area contributed by atoms with Crippen molar-refractivity contribution < 1.29 is 15.0 Å². The van der Waals surface area contributed by atoms with E-state index in [9.17, 15) is 9.90 Å². The number of carboxylic acids is 1. The number of aromatic carboxylic acids is 1. The number of aliphatic hydroxyl groups excluding tert-OH is 1. The van der Waals surface area contributed by atoms with Crippen LogP contribution in [0.3, 0.4) is 0 Å². The number of carboxylic acid groups (broad SMARTS) is 1. The second-order valence-corrected chi connectivity index (χ2v) is 5.48. The molecule has 19 heavy (non-hydrogen) atoms. The predicted octanol–water partition coefficient (Wildman–Crippen LogP) is 3.07. The Kier molecular flexibility index (Phi) is 6.73. The molecule has 3 N–H and O–H groups in total. The summed E-state index contributed by atoms with van der Waals surface area (Å²) < 4.78 is 0. The quantitative estimate of drug-likeness (QED) is 0.640. The number of hydrogen-bond donors (Lipinski definition) is 3. The maximum Gasteiger partial charge on any atom is 0.338 e. The minimum Gasteiger partial charge on any atom is -0.478 e. The van der Waals surface area contributed by atoms with Crippen LogP contribution in [0.25, 0.3) is 0 Å². The van der Waals surface area contributed by atoms with Crippen molar-refractivity contribution in [3.05, 3.63) is 23.8 Å². The van der Waals surface area contributed by atoms with Crippen LogP contribution >= 0.6 is 11.8 Å². The van der Waals surface area contributed by atoms with Crippen LogP contribution < -0.4 is 5.32 Å². The van der Waals surface area contributed by atoms with Gasteiger partial charge in [0.2, 0.25) is 0 Å². The van der Waals surface area contributed by atoms with Crippen LogP contribution in [0.1, 0.15) is 37.0 Å². The number of nitrogens with one attached hydrogen (secondary N) is 1. The highest BCUT2D eigenvalue weighted by molar-refractivity contribution is 7.99. The molecule has 4 nitrogen and oxygen atoms in total. The number of carbonyl (C=O) groups is 1. The Morgan fingerprint density at radius 2 is 2.16 bits per heavy atom. The highest BCUT2D eigenvalue weighted by Gasteiger charge is 2.17. The van der Waals surface area contributed by atoms with E-state index in [1.165, 1.54) is 11.8 Å². The third-order valence-corrected chi connectivity index (χ3v) is 3.81. The normalized spacial score (nSPS) is 12.2. The fourth-order valence-corrected chi connectivity index (χ4v) is 2.73. The molecule has 0 aliphatic heterocycles. The van der Waals surface area contributed by atoms with E-state index in [2.05, 4.69) is 5.32 Å². The zero-order valence-electron chi connectivity index (χ0n) is 11.3. The first kappa shape index (κ1) is 15.9. The lowest BCUT2D eigenvalue weighted by atomic mass is 10.1. The lowest BCUT2D eigenvalue weighted by Crippen LogP contribution is -2.21. The summed E-state index contributed by atoms with van der Waals surface area (Å²) in [6, 6.07) is 5.56. The topological polar surface area (TPSA) is 69.6 Å². The second kappa shape index (κ2) is 8.07. The van der Waals surface area contributed by atoms with Gasteiger partial charge in [-0.3, -0.25) is 0 Å². The van der Waals surface area contributed by atoms with Crippen LogP contribution in [0, 0.1) is 0 Å². The lowest BCUT2D eigenvalue weighted by Gasteiger charge is -2.19. The monoisotopic (exact) mass is 283 g/mol. The fraction of sp³-hybridized carbons (Fsp3) is 0.500. The van der Waals surface area contributed by atoms with Crippen LogP contribution in [0.4, 0.5) is 5.69 Å². The molecule has 1 aromatic rings. The van der Waals surface area contributed by atoms with Crippen LogP contribution in [0.2, 0.25) is 0 Å². The SMILES string of the molecule is CCSc1cccc(NC(CC)CCO)c1C(=O)O. The Labute approximate surface area is 118 Å². The van der Waals surface area contributed by atoms with E-state index < -0.39 is 5.97 Å². The average molecular weight is 283 g/mol. The summed E-state index contributed by atoms with van der Waals surface area (Å²) in [7, 11) is 0. The zero-order chi connectivity index (χ0) is 14.3. The minimum atomic E-state index is -0.919. The summed E-state index contributed by atoms with van der Waals surface area (Å²) in [5.74, 6) is -0.0877. The van der Waals surface area contributed by atoms with Crippen molar-refractivity contribution in [3.63, 3.8) is 0 Å². The highest BCUT2D eigenvalue weighted by Crippen LogP contribution is 2.29. The van der Waals surface area contributed by atoms with Gasteiger partial charge in [-0.1, -0.05) is 19.9 Å². The molecule has 106 valence electrons. The first-order chi connectivity index (χ1) is 9.13. The van der Waals surface area contributed by atoms with Gasteiger partial charge < -0.3 is 15.5 Å². The van der Waals surface area contributed by atoms with Gasteiger partial charge in [0.1, 0.15) is 0 Å². The molecule has 0 amide bonds. The summed E-state index contributed by atoms with van der Waals surface area (Å²) in [5, 5.41) is 21.6. The van der Waals surface area contributed by atoms with Crippen LogP contribution in [-0.2, 0) is 0 Å². The van der Waals surface area contributed by atoms with Crippen molar-refractivity contribution in [1.82, 2.24) is 0 Å². The van der Waals surface area contributed by atoms with Crippen molar-refractivity contribution in [2.24, 2.45) is 0 Å². The van der Waals surface area contributed by atoms with Gasteiger partial charge >= 0.3 is 5.97 Å². The Morgan fingerprint density at radius 1 is 1.42 bits per heavy atom. The van der Waals surface area contributed by atoms with Gasteiger partial charge in [0.15, 0.2) is 0 Å².